The number of hydrogen-bond acceptors (Lipinski definition) is 3. The summed E-state index contributed by atoms with van der Waals surface area (Å²) in [6.45, 7) is 0. The van der Waals surface area contributed by atoms with Gasteiger partial charge in [0.25, 0.3) is 0 Å². The fraction of sp³-hybridized carbons (Fsp3) is 0.625. The van der Waals surface area contributed by atoms with Gasteiger partial charge in [0, 0.05) is 25.4 Å². The van der Waals surface area contributed by atoms with Crippen LogP contribution in [0.5, 0.6) is 0 Å². The number of hydrogen-bond donors (Lipinski definition) is 1. The highest BCUT2D eigenvalue weighted by Crippen LogP contribution is 2.04. The van der Waals surface area contributed by atoms with Gasteiger partial charge in [-0.2, -0.15) is 16.9 Å². The zero-order chi connectivity index (χ0) is 8.97. The molecule has 1 atom stereocenters. The molecule has 0 fully saturated rings. The summed E-state index contributed by atoms with van der Waals surface area (Å²) in [5.74, 6) is 0.774. The number of aliphatic hydroxyl groups excluding tert-OH is 1. The van der Waals surface area contributed by atoms with Crippen molar-refractivity contribution in [1.29, 1.82) is 0 Å². The van der Waals surface area contributed by atoms with Crippen LogP contribution < -0.4 is 0 Å². The smallest absolute Gasteiger partial charge is 0.0686 e. The molecule has 0 aliphatic carbocycles. The predicted molar refractivity (Wildman–Crippen MR) is 51.3 cm³/mol. The molecule has 0 aromatic carbocycles. The molecule has 0 aliphatic heterocycles. The average molecular weight is 186 g/mol. The van der Waals surface area contributed by atoms with Gasteiger partial charge in [-0.1, -0.05) is 0 Å². The molecule has 0 bridgehead atoms. The van der Waals surface area contributed by atoms with Crippen LogP contribution in [0.1, 0.15) is 5.69 Å². The van der Waals surface area contributed by atoms with E-state index in [1.165, 1.54) is 0 Å². The van der Waals surface area contributed by atoms with Gasteiger partial charge in [0.1, 0.15) is 0 Å². The van der Waals surface area contributed by atoms with E-state index in [1.807, 2.05) is 25.6 Å². The van der Waals surface area contributed by atoms with Gasteiger partial charge in [-0.15, -0.1) is 0 Å². The van der Waals surface area contributed by atoms with Crippen LogP contribution in [0.4, 0.5) is 0 Å². The lowest BCUT2D eigenvalue weighted by Gasteiger charge is -2.05. The first kappa shape index (κ1) is 9.61. The van der Waals surface area contributed by atoms with Crippen molar-refractivity contribution >= 4 is 11.8 Å². The number of thioether (sulfide) groups is 1. The summed E-state index contributed by atoms with van der Waals surface area (Å²) < 4.78 is 1.75. The Labute approximate surface area is 76.8 Å². The monoisotopic (exact) mass is 186 g/mol. The molecule has 68 valence electrons. The Hall–Kier alpha value is -0.480. The number of aliphatic hydroxyl groups is 1. The largest absolute Gasteiger partial charge is 0.392 e. The van der Waals surface area contributed by atoms with Gasteiger partial charge in [0.15, 0.2) is 0 Å². The molecular weight excluding hydrogens is 172 g/mol. The van der Waals surface area contributed by atoms with Gasteiger partial charge in [-0.25, -0.2) is 0 Å². The molecule has 0 saturated carbocycles. The molecule has 1 heterocycles. The Balaban J connectivity index is 2.41. The Kier molecular flexibility index (Phi) is 3.62. The Bertz CT molecular complexity index is 237. The van der Waals surface area contributed by atoms with Crippen molar-refractivity contribution in [3.63, 3.8) is 0 Å². The lowest BCUT2D eigenvalue weighted by molar-refractivity contribution is 0.198. The average Bonchev–Trinajstić information content (AvgIpc) is 2.36. The van der Waals surface area contributed by atoms with Crippen molar-refractivity contribution in [1.82, 2.24) is 9.78 Å². The Morgan fingerprint density at radius 3 is 3.00 bits per heavy atom. The highest BCUT2D eigenvalue weighted by atomic mass is 32.2. The second kappa shape index (κ2) is 4.52. The standard InChI is InChI=1S/C8H14N2OS/c1-10-4-3-7(9-10)5-8(11)6-12-2/h3-4,8,11H,5-6H2,1-2H3. The van der Waals surface area contributed by atoms with Gasteiger partial charge in [-0.05, 0) is 12.3 Å². The molecule has 1 rings (SSSR count). The zero-order valence-corrected chi connectivity index (χ0v) is 8.21. The van der Waals surface area contributed by atoms with Gasteiger partial charge < -0.3 is 5.11 Å². The molecule has 1 unspecified atom stereocenters. The zero-order valence-electron chi connectivity index (χ0n) is 7.40. The van der Waals surface area contributed by atoms with Crippen molar-refractivity contribution in [2.45, 2.75) is 12.5 Å². The third-order valence-corrected chi connectivity index (χ3v) is 2.29. The summed E-state index contributed by atoms with van der Waals surface area (Å²) in [6, 6.07) is 1.93. The SMILES string of the molecule is CSCC(O)Cc1ccn(C)n1. The minimum absolute atomic E-state index is 0.269. The molecule has 0 aliphatic rings. The van der Waals surface area contributed by atoms with E-state index in [-0.39, 0.29) is 6.10 Å². The van der Waals surface area contributed by atoms with Gasteiger partial charge in [-0.3, -0.25) is 4.68 Å². The fourth-order valence-corrected chi connectivity index (χ4v) is 1.57. The molecule has 0 spiro atoms. The van der Waals surface area contributed by atoms with E-state index in [4.69, 9.17) is 0 Å². The summed E-state index contributed by atoms with van der Waals surface area (Å²) in [4.78, 5) is 0. The molecule has 0 radical (unpaired) electrons. The molecule has 0 saturated heterocycles. The Morgan fingerprint density at radius 1 is 1.75 bits per heavy atom. The van der Waals surface area contributed by atoms with Crippen LogP contribution in [-0.2, 0) is 13.5 Å². The molecule has 4 heteroatoms. The van der Waals surface area contributed by atoms with Crippen LogP contribution in [0.15, 0.2) is 12.3 Å². The highest BCUT2D eigenvalue weighted by Gasteiger charge is 2.05. The van der Waals surface area contributed by atoms with Crippen LogP contribution in [0.2, 0.25) is 0 Å². The van der Waals surface area contributed by atoms with Crippen LogP contribution >= 0.6 is 11.8 Å². The lowest BCUT2D eigenvalue weighted by Crippen LogP contribution is -2.13. The molecule has 1 N–H and O–H groups in total. The van der Waals surface area contributed by atoms with Gasteiger partial charge in [0.05, 0.1) is 11.8 Å². The first-order chi connectivity index (χ1) is 5.72. The van der Waals surface area contributed by atoms with Gasteiger partial charge >= 0.3 is 0 Å². The van der Waals surface area contributed by atoms with Crippen molar-refractivity contribution in [3.05, 3.63) is 18.0 Å². The summed E-state index contributed by atoms with van der Waals surface area (Å²) >= 11 is 1.65. The molecule has 0 amide bonds. The van der Waals surface area contributed by atoms with Crippen molar-refractivity contribution in [2.75, 3.05) is 12.0 Å². The van der Waals surface area contributed by atoms with Crippen molar-refractivity contribution in [2.24, 2.45) is 7.05 Å². The van der Waals surface area contributed by atoms with Crippen LogP contribution in [0.3, 0.4) is 0 Å². The first-order valence-corrected chi connectivity index (χ1v) is 5.27. The van der Waals surface area contributed by atoms with E-state index < -0.39 is 0 Å². The second-order valence-electron chi connectivity index (χ2n) is 2.79. The maximum Gasteiger partial charge on any atom is 0.0686 e. The summed E-state index contributed by atoms with van der Waals surface area (Å²) in [5, 5.41) is 13.6. The number of rotatable bonds is 4. The van der Waals surface area contributed by atoms with E-state index in [1.54, 1.807) is 16.4 Å². The van der Waals surface area contributed by atoms with Crippen molar-refractivity contribution in [3.8, 4) is 0 Å². The topological polar surface area (TPSA) is 38.0 Å². The van der Waals surface area contributed by atoms with E-state index in [0.717, 1.165) is 11.4 Å². The van der Waals surface area contributed by atoms with Crippen LogP contribution in [0, 0.1) is 0 Å². The van der Waals surface area contributed by atoms with Crippen LogP contribution in [0.25, 0.3) is 0 Å². The lowest BCUT2D eigenvalue weighted by atomic mass is 10.2. The minimum Gasteiger partial charge on any atom is -0.392 e. The quantitative estimate of drug-likeness (QED) is 0.751. The summed E-state index contributed by atoms with van der Waals surface area (Å²) in [6.07, 6.45) is 4.26. The third kappa shape index (κ3) is 2.87. The second-order valence-corrected chi connectivity index (χ2v) is 3.70. The number of aromatic nitrogens is 2. The normalized spacial score (nSPS) is 13.2. The molecule has 12 heavy (non-hydrogen) atoms. The maximum absolute atomic E-state index is 9.44. The van der Waals surface area contributed by atoms with E-state index in [0.29, 0.717) is 6.42 Å². The maximum atomic E-state index is 9.44. The van der Waals surface area contributed by atoms with Crippen LogP contribution in [-0.4, -0.2) is 33.0 Å². The molecule has 1 aromatic rings. The molecule has 3 nitrogen and oxygen atoms in total. The van der Waals surface area contributed by atoms with Gasteiger partial charge in [0.2, 0.25) is 0 Å². The van der Waals surface area contributed by atoms with E-state index in [2.05, 4.69) is 5.10 Å². The minimum atomic E-state index is -0.269. The van der Waals surface area contributed by atoms with Crippen molar-refractivity contribution < 1.29 is 5.11 Å². The van der Waals surface area contributed by atoms with E-state index in [9.17, 15) is 5.11 Å². The summed E-state index contributed by atoms with van der Waals surface area (Å²) in [5.41, 5.74) is 0.957. The predicted octanol–water partition coefficient (Wildman–Crippen LogP) is 0.686. The Morgan fingerprint density at radius 2 is 2.50 bits per heavy atom. The van der Waals surface area contributed by atoms with E-state index >= 15 is 0 Å². The summed E-state index contributed by atoms with van der Waals surface area (Å²) in [7, 11) is 1.88. The molecule has 1 aromatic heterocycles. The highest BCUT2D eigenvalue weighted by molar-refractivity contribution is 7.98. The third-order valence-electron chi connectivity index (χ3n) is 1.57. The number of aryl methyl sites for hydroxylation is 1. The first-order valence-electron chi connectivity index (χ1n) is 3.88. The fourth-order valence-electron chi connectivity index (χ4n) is 1.06. The molecular formula is C8H14N2OS. The number of nitrogens with zero attached hydrogens (tertiary/aromatic N) is 2.